The van der Waals surface area contributed by atoms with E-state index in [9.17, 15) is 13.2 Å². The van der Waals surface area contributed by atoms with Gasteiger partial charge in [0.05, 0.1) is 24.2 Å². The third-order valence-corrected chi connectivity index (χ3v) is 7.89. The Labute approximate surface area is 182 Å². The van der Waals surface area contributed by atoms with Crippen LogP contribution in [0.5, 0.6) is 5.75 Å². The second kappa shape index (κ2) is 9.35. The molecule has 1 aliphatic heterocycles. The van der Waals surface area contributed by atoms with Gasteiger partial charge in [-0.15, -0.1) is 5.10 Å². The van der Waals surface area contributed by atoms with Gasteiger partial charge in [0.2, 0.25) is 10.0 Å². The first-order chi connectivity index (χ1) is 15.0. The van der Waals surface area contributed by atoms with Crippen LogP contribution in [0, 0.1) is 0 Å². The minimum atomic E-state index is -3.63. The van der Waals surface area contributed by atoms with Crippen molar-refractivity contribution in [2.24, 2.45) is 0 Å². The van der Waals surface area contributed by atoms with Crippen molar-refractivity contribution in [3.05, 3.63) is 36.2 Å². The monoisotopic (exact) mass is 447 g/mol. The number of aromatic nitrogens is 3. The summed E-state index contributed by atoms with van der Waals surface area (Å²) >= 11 is 0. The predicted octanol–water partition coefficient (Wildman–Crippen LogP) is 2.20. The number of amides is 1. The first kappa shape index (κ1) is 21.8. The van der Waals surface area contributed by atoms with Crippen LogP contribution in [-0.2, 0) is 16.6 Å². The number of benzene rings is 1. The highest BCUT2D eigenvalue weighted by Gasteiger charge is 2.35. The lowest BCUT2D eigenvalue weighted by Crippen LogP contribution is -2.38. The zero-order chi connectivity index (χ0) is 21.8. The summed E-state index contributed by atoms with van der Waals surface area (Å²) in [4.78, 5) is 12.6. The van der Waals surface area contributed by atoms with Gasteiger partial charge in [0, 0.05) is 18.6 Å². The predicted molar refractivity (Wildman–Crippen MR) is 114 cm³/mol. The number of sulfonamides is 1. The number of hydrogen-bond acceptors (Lipinski definition) is 6. The zero-order valence-corrected chi connectivity index (χ0v) is 18.6. The van der Waals surface area contributed by atoms with Gasteiger partial charge in [-0.2, -0.15) is 4.31 Å². The molecule has 1 aromatic heterocycles. The third kappa shape index (κ3) is 4.90. The topological polar surface area (TPSA) is 106 Å². The largest absolute Gasteiger partial charge is 0.494 e. The van der Waals surface area contributed by atoms with E-state index in [4.69, 9.17) is 4.74 Å². The highest BCUT2D eigenvalue weighted by molar-refractivity contribution is 7.89. The minimum absolute atomic E-state index is 0.210. The summed E-state index contributed by atoms with van der Waals surface area (Å²) in [5, 5.41) is 11.1. The van der Waals surface area contributed by atoms with E-state index in [-0.39, 0.29) is 28.6 Å². The lowest BCUT2D eigenvalue weighted by molar-refractivity contribution is 0.0932. The Kier molecular flexibility index (Phi) is 6.57. The molecule has 1 atom stereocenters. The summed E-state index contributed by atoms with van der Waals surface area (Å²) in [5.41, 5.74) is 0.269. The van der Waals surface area contributed by atoms with Gasteiger partial charge in [-0.05, 0) is 56.9 Å². The molecule has 0 radical (unpaired) electrons. The van der Waals surface area contributed by atoms with E-state index < -0.39 is 10.0 Å². The van der Waals surface area contributed by atoms with Crippen LogP contribution < -0.4 is 10.1 Å². The van der Waals surface area contributed by atoms with Gasteiger partial charge in [0.15, 0.2) is 5.69 Å². The number of nitrogens with one attached hydrogen (secondary N) is 1. The molecule has 2 aliphatic rings. The maximum atomic E-state index is 13.2. The van der Waals surface area contributed by atoms with Crippen LogP contribution in [0.15, 0.2) is 35.4 Å². The third-order valence-electron chi connectivity index (χ3n) is 5.92. The summed E-state index contributed by atoms with van der Waals surface area (Å²) in [6.45, 7) is 3.23. The average Bonchev–Trinajstić information content (AvgIpc) is 3.51. The quantitative estimate of drug-likeness (QED) is 0.665. The summed E-state index contributed by atoms with van der Waals surface area (Å²) < 4.78 is 34.9. The van der Waals surface area contributed by atoms with Crippen LogP contribution in [0.2, 0.25) is 0 Å². The Hall–Kier alpha value is -2.46. The molecule has 2 aromatic rings. The molecule has 168 valence electrons. The van der Waals surface area contributed by atoms with E-state index in [1.807, 2.05) is 6.92 Å². The molecule has 0 spiro atoms. The lowest BCUT2D eigenvalue weighted by atomic mass is 10.2. The van der Waals surface area contributed by atoms with E-state index in [2.05, 4.69) is 15.6 Å². The highest BCUT2D eigenvalue weighted by Crippen LogP contribution is 2.28. The van der Waals surface area contributed by atoms with Crippen LogP contribution >= 0.6 is 0 Å². The summed E-state index contributed by atoms with van der Waals surface area (Å²) in [6, 6.07) is 6.49. The van der Waals surface area contributed by atoms with Crippen molar-refractivity contribution in [2.75, 3.05) is 13.2 Å². The fourth-order valence-corrected chi connectivity index (χ4v) is 6.04. The first-order valence-corrected chi connectivity index (χ1v) is 12.4. The molecule has 9 nitrogen and oxygen atoms in total. The fourth-order valence-electron chi connectivity index (χ4n) is 4.36. The summed E-state index contributed by atoms with van der Waals surface area (Å²) in [5.74, 6) is 0.425. The molecular weight excluding hydrogens is 418 g/mol. The normalized spacial score (nSPS) is 20.2. The molecule has 0 unspecified atom stereocenters. The average molecular weight is 448 g/mol. The van der Waals surface area contributed by atoms with Gasteiger partial charge in [-0.1, -0.05) is 18.1 Å². The van der Waals surface area contributed by atoms with Gasteiger partial charge in [-0.25, -0.2) is 8.42 Å². The standard InChI is InChI=1S/C21H29N5O4S/c1-2-30-18-9-11-19(12-10-18)31(28,29)26-13-5-8-17(26)14-25-15-20(23-24-25)21(27)22-16-6-3-4-7-16/h9-12,15-17H,2-8,13-14H2,1H3,(H,22,27)/t17-/m0/s1. The van der Waals surface area contributed by atoms with Gasteiger partial charge < -0.3 is 10.1 Å². The van der Waals surface area contributed by atoms with Crippen LogP contribution in [0.25, 0.3) is 0 Å². The molecule has 1 saturated carbocycles. The molecule has 2 heterocycles. The Morgan fingerprint density at radius 2 is 1.90 bits per heavy atom. The van der Waals surface area contributed by atoms with Crippen molar-refractivity contribution < 1.29 is 17.9 Å². The second-order valence-electron chi connectivity index (χ2n) is 8.10. The molecular formula is C21H29N5O4S. The number of hydrogen-bond donors (Lipinski definition) is 1. The van der Waals surface area contributed by atoms with Crippen molar-refractivity contribution in [3.63, 3.8) is 0 Å². The van der Waals surface area contributed by atoms with Crippen LogP contribution in [0.1, 0.15) is 55.9 Å². The van der Waals surface area contributed by atoms with Crippen LogP contribution in [0.4, 0.5) is 0 Å². The highest BCUT2D eigenvalue weighted by atomic mass is 32.2. The molecule has 1 aromatic carbocycles. The Balaban J connectivity index is 1.42. The van der Waals surface area contributed by atoms with E-state index >= 15 is 0 Å². The van der Waals surface area contributed by atoms with Crippen molar-refractivity contribution in [1.29, 1.82) is 0 Å². The lowest BCUT2D eigenvalue weighted by Gasteiger charge is -2.24. The molecule has 0 bridgehead atoms. The van der Waals surface area contributed by atoms with E-state index in [1.54, 1.807) is 35.1 Å². The van der Waals surface area contributed by atoms with Gasteiger partial charge in [-0.3, -0.25) is 9.48 Å². The van der Waals surface area contributed by atoms with Crippen LogP contribution in [-0.4, -0.2) is 58.9 Å². The molecule has 4 rings (SSSR count). The first-order valence-electron chi connectivity index (χ1n) is 10.9. The maximum absolute atomic E-state index is 13.2. The summed E-state index contributed by atoms with van der Waals surface area (Å²) in [7, 11) is -3.63. The minimum Gasteiger partial charge on any atom is -0.494 e. The van der Waals surface area contributed by atoms with Crippen LogP contribution in [0.3, 0.4) is 0 Å². The molecule has 1 aliphatic carbocycles. The van der Waals surface area contributed by atoms with Gasteiger partial charge in [0.1, 0.15) is 5.75 Å². The number of ether oxygens (including phenoxy) is 1. The molecule has 1 saturated heterocycles. The van der Waals surface area contributed by atoms with Gasteiger partial charge in [0.25, 0.3) is 5.91 Å². The Morgan fingerprint density at radius 3 is 2.61 bits per heavy atom. The maximum Gasteiger partial charge on any atom is 0.273 e. The van der Waals surface area contributed by atoms with E-state index in [0.29, 0.717) is 25.4 Å². The smallest absolute Gasteiger partial charge is 0.273 e. The fraction of sp³-hybridized carbons (Fsp3) is 0.571. The van der Waals surface area contributed by atoms with Crippen molar-refractivity contribution in [2.45, 2.75) is 69.0 Å². The SMILES string of the molecule is CCOc1ccc(S(=O)(=O)N2CCC[C@H]2Cn2cc(C(=O)NC3CCCC3)nn2)cc1. The number of carbonyl (C=O) groups is 1. The van der Waals surface area contributed by atoms with Gasteiger partial charge >= 0.3 is 0 Å². The molecule has 1 N–H and O–H groups in total. The van der Waals surface area contributed by atoms with E-state index in [0.717, 1.165) is 38.5 Å². The zero-order valence-electron chi connectivity index (χ0n) is 17.7. The van der Waals surface area contributed by atoms with Crippen molar-refractivity contribution in [3.8, 4) is 5.75 Å². The molecule has 1 amide bonds. The van der Waals surface area contributed by atoms with Crippen molar-refractivity contribution in [1.82, 2.24) is 24.6 Å². The second-order valence-corrected chi connectivity index (χ2v) is 9.99. The van der Waals surface area contributed by atoms with E-state index in [1.165, 1.54) is 4.31 Å². The molecule has 2 fully saturated rings. The number of rotatable bonds is 8. The van der Waals surface area contributed by atoms with Crippen molar-refractivity contribution >= 4 is 15.9 Å². The number of nitrogens with zero attached hydrogens (tertiary/aromatic N) is 4. The number of carbonyl (C=O) groups excluding carboxylic acids is 1. The summed E-state index contributed by atoms with van der Waals surface area (Å²) in [6.07, 6.45) is 7.39. The Bertz CT molecular complexity index is 999. The Morgan fingerprint density at radius 1 is 1.16 bits per heavy atom. The molecule has 10 heteroatoms. The molecule has 31 heavy (non-hydrogen) atoms.